The summed E-state index contributed by atoms with van der Waals surface area (Å²) in [6.07, 6.45) is 0.385. The molecule has 1 aliphatic rings. The summed E-state index contributed by atoms with van der Waals surface area (Å²) in [6, 6.07) is 6.25. The first kappa shape index (κ1) is 15.3. The van der Waals surface area contributed by atoms with Gasteiger partial charge in [0.25, 0.3) is 15.7 Å². The molecule has 0 atom stereocenters. The predicted molar refractivity (Wildman–Crippen MR) is 77.7 cm³/mol. The van der Waals surface area contributed by atoms with Crippen molar-refractivity contribution in [1.29, 1.82) is 0 Å². The van der Waals surface area contributed by atoms with Gasteiger partial charge in [-0.2, -0.15) is 0 Å². The number of hydrogen-bond donors (Lipinski definition) is 0. The van der Waals surface area contributed by atoms with Crippen LogP contribution < -0.4 is 4.31 Å². The molecule has 1 aliphatic heterocycles. The number of nitro benzene ring substituents is 1. The van der Waals surface area contributed by atoms with Gasteiger partial charge in [0.2, 0.25) is 0 Å². The summed E-state index contributed by atoms with van der Waals surface area (Å²) < 4.78 is 52.5. The number of nitro groups is 1. The Balaban J connectivity index is 2.08. The van der Waals surface area contributed by atoms with E-state index in [0.29, 0.717) is 18.1 Å². The standard InChI is InChI=1S/C14H10F2N2O4S/c15-12-4-3-11(8-13(12)16)23(21,22)17-6-5-9-1-2-10(18(19)20)7-14(9)17/h1-4,7-8H,5-6H2. The van der Waals surface area contributed by atoms with Crippen molar-refractivity contribution in [2.24, 2.45) is 0 Å². The van der Waals surface area contributed by atoms with E-state index >= 15 is 0 Å². The first-order valence-corrected chi connectivity index (χ1v) is 8.00. The summed E-state index contributed by atoms with van der Waals surface area (Å²) in [4.78, 5) is 9.82. The number of halogens is 2. The van der Waals surface area contributed by atoms with Crippen LogP contribution in [0.2, 0.25) is 0 Å². The number of benzene rings is 2. The van der Waals surface area contributed by atoms with Gasteiger partial charge in [-0.3, -0.25) is 14.4 Å². The number of fused-ring (bicyclic) bond motifs is 1. The lowest BCUT2D eigenvalue weighted by Crippen LogP contribution is -2.29. The highest BCUT2D eigenvalue weighted by atomic mass is 32.2. The predicted octanol–water partition coefficient (Wildman–Crippen LogP) is 2.62. The molecule has 0 radical (unpaired) electrons. The van der Waals surface area contributed by atoms with Crippen LogP contribution in [0, 0.1) is 21.7 Å². The van der Waals surface area contributed by atoms with Crippen LogP contribution in [0.5, 0.6) is 0 Å². The Hall–Kier alpha value is -2.55. The molecular formula is C14H10F2N2O4S. The molecule has 0 N–H and O–H groups in total. The third kappa shape index (κ3) is 2.52. The zero-order chi connectivity index (χ0) is 16.8. The average Bonchev–Trinajstić information content (AvgIpc) is 2.93. The molecule has 0 saturated carbocycles. The van der Waals surface area contributed by atoms with Crippen molar-refractivity contribution >= 4 is 21.4 Å². The maximum atomic E-state index is 13.3. The second-order valence-corrected chi connectivity index (χ2v) is 6.84. The van der Waals surface area contributed by atoms with Crippen molar-refractivity contribution < 1.29 is 22.1 Å². The fraction of sp³-hybridized carbons (Fsp3) is 0.143. The van der Waals surface area contributed by atoms with Crippen LogP contribution >= 0.6 is 0 Å². The first-order valence-electron chi connectivity index (χ1n) is 6.56. The minimum atomic E-state index is -4.13. The first-order chi connectivity index (χ1) is 10.8. The van der Waals surface area contributed by atoms with Gasteiger partial charge in [-0.25, -0.2) is 17.2 Å². The topological polar surface area (TPSA) is 80.5 Å². The van der Waals surface area contributed by atoms with E-state index in [4.69, 9.17) is 0 Å². The Bertz CT molecular complexity index is 915. The number of non-ortho nitro benzene ring substituents is 1. The summed E-state index contributed by atoms with van der Waals surface area (Å²) in [7, 11) is -4.13. The molecule has 1 heterocycles. The monoisotopic (exact) mass is 340 g/mol. The lowest BCUT2D eigenvalue weighted by Gasteiger charge is -2.19. The minimum absolute atomic E-state index is 0.0812. The number of hydrogen-bond acceptors (Lipinski definition) is 4. The number of anilines is 1. The molecule has 0 spiro atoms. The summed E-state index contributed by atoms with van der Waals surface area (Å²) in [5, 5.41) is 10.9. The third-order valence-electron chi connectivity index (χ3n) is 3.61. The van der Waals surface area contributed by atoms with E-state index in [1.54, 1.807) is 0 Å². The van der Waals surface area contributed by atoms with Gasteiger partial charge in [-0.05, 0) is 30.2 Å². The molecule has 0 aromatic heterocycles. The van der Waals surface area contributed by atoms with Crippen LogP contribution in [0.15, 0.2) is 41.3 Å². The van der Waals surface area contributed by atoms with Gasteiger partial charge in [-0.1, -0.05) is 6.07 Å². The maximum Gasteiger partial charge on any atom is 0.271 e. The van der Waals surface area contributed by atoms with E-state index in [1.165, 1.54) is 18.2 Å². The lowest BCUT2D eigenvalue weighted by molar-refractivity contribution is -0.384. The zero-order valence-corrected chi connectivity index (χ0v) is 12.4. The molecule has 6 nitrogen and oxygen atoms in total. The molecule has 0 fully saturated rings. The van der Waals surface area contributed by atoms with Crippen molar-refractivity contribution in [1.82, 2.24) is 0 Å². The fourth-order valence-electron chi connectivity index (χ4n) is 2.47. The summed E-state index contributed by atoms with van der Waals surface area (Å²) >= 11 is 0. The Morgan fingerprint density at radius 2 is 1.83 bits per heavy atom. The van der Waals surface area contributed by atoms with Crippen LogP contribution in [0.3, 0.4) is 0 Å². The van der Waals surface area contributed by atoms with Gasteiger partial charge in [0.05, 0.1) is 15.5 Å². The molecule has 0 bridgehead atoms. The van der Waals surface area contributed by atoms with Crippen molar-refractivity contribution in [3.8, 4) is 0 Å². The van der Waals surface area contributed by atoms with E-state index in [2.05, 4.69) is 0 Å². The number of sulfonamides is 1. The fourth-order valence-corrected chi connectivity index (χ4v) is 3.97. The molecule has 2 aromatic carbocycles. The molecule has 0 unspecified atom stereocenters. The quantitative estimate of drug-likeness (QED) is 0.635. The zero-order valence-electron chi connectivity index (χ0n) is 11.6. The van der Waals surface area contributed by atoms with E-state index in [9.17, 15) is 27.3 Å². The van der Waals surface area contributed by atoms with Crippen LogP contribution in [0.1, 0.15) is 5.56 Å². The molecule has 3 rings (SSSR count). The molecule has 0 aliphatic carbocycles. The molecular weight excluding hydrogens is 330 g/mol. The second-order valence-electron chi connectivity index (χ2n) is 4.97. The van der Waals surface area contributed by atoms with Gasteiger partial charge < -0.3 is 0 Å². The summed E-state index contributed by atoms with van der Waals surface area (Å²) in [5.74, 6) is -2.43. The molecule has 23 heavy (non-hydrogen) atoms. The van der Waals surface area contributed by atoms with Crippen LogP contribution in [-0.4, -0.2) is 19.9 Å². The minimum Gasteiger partial charge on any atom is -0.265 e. The molecule has 0 saturated heterocycles. The van der Waals surface area contributed by atoms with Crippen molar-refractivity contribution in [2.75, 3.05) is 10.8 Å². The van der Waals surface area contributed by atoms with Crippen molar-refractivity contribution in [3.05, 3.63) is 63.7 Å². The van der Waals surface area contributed by atoms with Gasteiger partial charge in [0, 0.05) is 18.7 Å². The Morgan fingerprint density at radius 1 is 1.09 bits per heavy atom. The SMILES string of the molecule is O=[N+]([O-])c1ccc2c(c1)N(S(=O)(=O)c1ccc(F)c(F)c1)CC2. The van der Waals surface area contributed by atoms with E-state index in [1.807, 2.05) is 0 Å². The van der Waals surface area contributed by atoms with Crippen LogP contribution in [0.25, 0.3) is 0 Å². The highest BCUT2D eigenvalue weighted by Crippen LogP contribution is 2.35. The van der Waals surface area contributed by atoms with Crippen molar-refractivity contribution in [3.63, 3.8) is 0 Å². The summed E-state index contributed by atoms with van der Waals surface area (Å²) in [5.41, 5.74) is 0.585. The highest BCUT2D eigenvalue weighted by molar-refractivity contribution is 7.92. The molecule has 9 heteroatoms. The van der Waals surface area contributed by atoms with Gasteiger partial charge >= 0.3 is 0 Å². The van der Waals surface area contributed by atoms with Crippen molar-refractivity contribution in [2.45, 2.75) is 11.3 Å². The normalized spacial score (nSPS) is 13.9. The van der Waals surface area contributed by atoms with Gasteiger partial charge in [0.1, 0.15) is 0 Å². The van der Waals surface area contributed by atoms with E-state index < -0.39 is 31.5 Å². The van der Waals surface area contributed by atoms with Crippen LogP contribution in [0.4, 0.5) is 20.2 Å². The van der Waals surface area contributed by atoms with Gasteiger partial charge in [-0.15, -0.1) is 0 Å². The van der Waals surface area contributed by atoms with Gasteiger partial charge in [0.15, 0.2) is 11.6 Å². The molecule has 120 valence electrons. The smallest absolute Gasteiger partial charge is 0.265 e. The number of nitrogens with zero attached hydrogens (tertiary/aromatic N) is 2. The number of rotatable bonds is 3. The third-order valence-corrected chi connectivity index (χ3v) is 5.42. The Labute approximate surface area is 130 Å². The second kappa shape index (κ2) is 5.27. The summed E-state index contributed by atoms with van der Waals surface area (Å²) in [6.45, 7) is 0.0812. The van der Waals surface area contributed by atoms with E-state index in [0.717, 1.165) is 16.4 Å². The molecule has 2 aromatic rings. The maximum absolute atomic E-state index is 13.3. The van der Waals surface area contributed by atoms with Crippen LogP contribution in [-0.2, 0) is 16.4 Å². The largest absolute Gasteiger partial charge is 0.271 e. The lowest BCUT2D eigenvalue weighted by atomic mass is 10.1. The highest BCUT2D eigenvalue weighted by Gasteiger charge is 2.32. The Morgan fingerprint density at radius 3 is 2.48 bits per heavy atom. The Kier molecular flexibility index (Phi) is 3.52. The van der Waals surface area contributed by atoms with E-state index in [-0.39, 0.29) is 17.9 Å². The molecule has 0 amide bonds. The average molecular weight is 340 g/mol.